The predicted octanol–water partition coefficient (Wildman–Crippen LogP) is 2.51. The summed E-state index contributed by atoms with van der Waals surface area (Å²) in [5, 5.41) is 3.70. The number of hydrogen-bond acceptors (Lipinski definition) is 2. The second-order valence-electron chi connectivity index (χ2n) is 5.85. The average Bonchev–Trinajstić information content (AvgIpc) is 2.77. The Morgan fingerprint density at radius 3 is 2.72 bits per heavy atom. The largest absolute Gasteiger partial charge is 0.347 e. The van der Waals surface area contributed by atoms with E-state index in [1.54, 1.807) is 18.3 Å². The highest BCUT2D eigenvalue weighted by molar-refractivity contribution is 6.30. The molecule has 4 atom stereocenters. The van der Waals surface area contributed by atoms with Crippen LogP contribution in [-0.2, 0) is 0 Å². The van der Waals surface area contributed by atoms with Gasteiger partial charge in [0.2, 0.25) is 0 Å². The number of halogens is 1. The van der Waals surface area contributed by atoms with E-state index in [0.717, 1.165) is 23.7 Å². The maximum atomic E-state index is 12.1. The molecule has 3 aliphatic rings. The Morgan fingerprint density at radius 1 is 1.33 bits per heavy atom. The van der Waals surface area contributed by atoms with Crippen molar-refractivity contribution < 1.29 is 4.79 Å². The van der Waals surface area contributed by atoms with Crippen LogP contribution in [0.1, 0.15) is 29.8 Å². The first-order chi connectivity index (χ1) is 8.74. The van der Waals surface area contributed by atoms with Gasteiger partial charge in [-0.1, -0.05) is 11.6 Å². The zero-order valence-electron chi connectivity index (χ0n) is 9.97. The van der Waals surface area contributed by atoms with Gasteiger partial charge in [0.05, 0.1) is 0 Å². The highest BCUT2D eigenvalue weighted by atomic mass is 35.5. The van der Waals surface area contributed by atoms with Gasteiger partial charge in [-0.05, 0) is 55.1 Å². The van der Waals surface area contributed by atoms with Crippen molar-refractivity contribution in [2.24, 2.45) is 23.7 Å². The molecule has 4 rings (SSSR count). The molecule has 0 radical (unpaired) electrons. The van der Waals surface area contributed by atoms with Gasteiger partial charge in [0.25, 0.3) is 5.91 Å². The van der Waals surface area contributed by atoms with Gasteiger partial charge < -0.3 is 5.32 Å². The van der Waals surface area contributed by atoms with Crippen LogP contribution in [-0.4, -0.2) is 16.9 Å². The quantitative estimate of drug-likeness (QED) is 0.890. The Bertz CT molecular complexity index is 502. The number of hydrogen-bond donors (Lipinski definition) is 1. The van der Waals surface area contributed by atoms with Crippen LogP contribution in [0, 0.1) is 23.7 Å². The molecule has 18 heavy (non-hydrogen) atoms. The Kier molecular flexibility index (Phi) is 2.22. The summed E-state index contributed by atoms with van der Waals surface area (Å²) in [4.78, 5) is 16.2. The molecule has 0 aromatic carbocycles. The molecule has 1 amide bonds. The van der Waals surface area contributed by atoms with Gasteiger partial charge in [0.15, 0.2) is 0 Å². The molecule has 0 spiro atoms. The fraction of sp³-hybridized carbons (Fsp3) is 0.571. The molecule has 94 valence electrons. The van der Waals surface area contributed by atoms with E-state index in [1.807, 2.05) is 0 Å². The van der Waals surface area contributed by atoms with Crippen molar-refractivity contribution in [2.75, 3.05) is 0 Å². The smallest absolute Gasteiger partial charge is 0.270 e. The van der Waals surface area contributed by atoms with Crippen molar-refractivity contribution in [1.29, 1.82) is 0 Å². The second-order valence-corrected chi connectivity index (χ2v) is 6.28. The zero-order valence-corrected chi connectivity index (χ0v) is 10.7. The van der Waals surface area contributed by atoms with E-state index < -0.39 is 0 Å². The number of fused-ring (bicyclic) bond motifs is 5. The van der Waals surface area contributed by atoms with E-state index in [4.69, 9.17) is 11.6 Å². The van der Waals surface area contributed by atoms with Gasteiger partial charge in [-0.25, -0.2) is 0 Å². The molecule has 2 bridgehead atoms. The van der Waals surface area contributed by atoms with Crippen LogP contribution in [0.5, 0.6) is 0 Å². The molecule has 4 heteroatoms. The van der Waals surface area contributed by atoms with Crippen molar-refractivity contribution in [3.8, 4) is 0 Å². The summed E-state index contributed by atoms with van der Waals surface area (Å²) in [6, 6.07) is 3.72. The summed E-state index contributed by atoms with van der Waals surface area (Å²) in [5.41, 5.74) is 0.430. The van der Waals surface area contributed by atoms with Crippen molar-refractivity contribution in [1.82, 2.24) is 10.3 Å². The number of nitrogens with zero attached hydrogens (tertiary/aromatic N) is 1. The van der Waals surface area contributed by atoms with Crippen LogP contribution < -0.4 is 5.32 Å². The fourth-order valence-corrected chi connectivity index (χ4v) is 4.43. The van der Waals surface area contributed by atoms with E-state index in [0.29, 0.717) is 16.8 Å². The highest BCUT2D eigenvalue weighted by Gasteiger charge is 2.65. The molecule has 3 nitrogen and oxygen atoms in total. The summed E-state index contributed by atoms with van der Waals surface area (Å²) in [7, 11) is 0. The van der Waals surface area contributed by atoms with Gasteiger partial charge >= 0.3 is 0 Å². The van der Waals surface area contributed by atoms with Crippen molar-refractivity contribution in [2.45, 2.75) is 25.3 Å². The van der Waals surface area contributed by atoms with Gasteiger partial charge in [0.1, 0.15) is 5.69 Å². The Labute approximate surface area is 111 Å². The first-order valence-electron chi connectivity index (χ1n) is 6.66. The number of carbonyl (C=O) groups is 1. The maximum absolute atomic E-state index is 12.1. The van der Waals surface area contributed by atoms with E-state index in [-0.39, 0.29) is 5.91 Å². The van der Waals surface area contributed by atoms with Crippen LogP contribution >= 0.6 is 11.6 Å². The van der Waals surface area contributed by atoms with Crippen LogP contribution in [0.15, 0.2) is 18.3 Å². The summed E-state index contributed by atoms with van der Waals surface area (Å²) < 4.78 is 0. The number of nitrogens with one attached hydrogen (secondary N) is 1. The molecule has 1 aromatic heterocycles. The first-order valence-corrected chi connectivity index (χ1v) is 7.04. The van der Waals surface area contributed by atoms with Crippen LogP contribution in [0.25, 0.3) is 0 Å². The standard InChI is InChI=1S/C14H15ClN2O/c15-9-3-4-16-10(6-9)14(18)17-13-11-7-1-2-8(5-7)12(11)13/h3-4,6-8,11-13H,1-2,5H2,(H,17,18). The topological polar surface area (TPSA) is 42.0 Å². The fourth-order valence-electron chi connectivity index (χ4n) is 4.27. The molecule has 4 unspecified atom stereocenters. The molecule has 1 aromatic rings. The third kappa shape index (κ3) is 1.50. The lowest BCUT2D eigenvalue weighted by Gasteiger charge is -2.10. The number of amides is 1. The third-order valence-electron chi connectivity index (χ3n) is 4.99. The summed E-state index contributed by atoms with van der Waals surface area (Å²) in [6.45, 7) is 0. The highest BCUT2D eigenvalue weighted by Crippen LogP contribution is 2.65. The van der Waals surface area contributed by atoms with Crippen molar-refractivity contribution >= 4 is 17.5 Å². The molecule has 1 heterocycles. The van der Waals surface area contributed by atoms with Crippen molar-refractivity contribution in [3.63, 3.8) is 0 Å². The summed E-state index contributed by atoms with van der Waals surface area (Å²) in [5.74, 6) is 3.19. The molecule has 3 fully saturated rings. The number of aromatic nitrogens is 1. The van der Waals surface area contributed by atoms with Gasteiger partial charge in [-0.2, -0.15) is 0 Å². The monoisotopic (exact) mass is 262 g/mol. The van der Waals surface area contributed by atoms with E-state index >= 15 is 0 Å². The van der Waals surface area contributed by atoms with E-state index in [9.17, 15) is 4.79 Å². The molecule has 0 saturated heterocycles. The predicted molar refractivity (Wildman–Crippen MR) is 68.3 cm³/mol. The Morgan fingerprint density at radius 2 is 2.06 bits per heavy atom. The number of carbonyl (C=O) groups excluding carboxylic acids is 1. The van der Waals surface area contributed by atoms with Gasteiger partial charge in [0, 0.05) is 17.3 Å². The lowest BCUT2D eigenvalue weighted by Crippen LogP contribution is -2.30. The van der Waals surface area contributed by atoms with E-state index in [2.05, 4.69) is 10.3 Å². The minimum absolute atomic E-state index is 0.0729. The first kappa shape index (κ1) is 10.8. The molecular formula is C14H15ClN2O. The molecule has 1 N–H and O–H groups in total. The minimum atomic E-state index is -0.0729. The summed E-state index contributed by atoms with van der Waals surface area (Å²) in [6.07, 6.45) is 5.72. The molecule has 0 aliphatic heterocycles. The minimum Gasteiger partial charge on any atom is -0.347 e. The molecular weight excluding hydrogens is 248 g/mol. The Balaban J connectivity index is 1.46. The van der Waals surface area contributed by atoms with Crippen LogP contribution in [0.2, 0.25) is 5.02 Å². The van der Waals surface area contributed by atoms with Crippen LogP contribution in [0.3, 0.4) is 0 Å². The number of rotatable bonds is 2. The molecule has 3 saturated carbocycles. The lowest BCUT2D eigenvalue weighted by atomic mass is 10.0. The normalized spacial score (nSPS) is 39.5. The summed E-state index contributed by atoms with van der Waals surface area (Å²) >= 11 is 5.87. The second kappa shape index (κ2) is 3.70. The SMILES string of the molecule is O=C(NC1C2C3CCC(C3)C12)c1cc(Cl)ccn1. The molecule has 3 aliphatic carbocycles. The lowest BCUT2D eigenvalue weighted by molar-refractivity contribution is 0.0939. The zero-order chi connectivity index (χ0) is 12.3. The van der Waals surface area contributed by atoms with Crippen LogP contribution in [0.4, 0.5) is 0 Å². The average molecular weight is 263 g/mol. The Hall–Kier alpha value is -1.09. The number of pyridine rings is 1. The van der Waals surface area contributed by atoms with E-state index in [1.165, 1.54) is 19.3 Å². The third-order valence-corrected chi connectivity index (χ3v) is 5.22. The van der Waals surface area contributed by atoms with Crippen molar-refractivity contribution in [3.05, 3.63) is 29.0 Å². The van der Waals surface area contributed by atoms with Gasteiger partial charge in [-0.3, -0.25) is 9.78 Å². The maximum Gasteiger partial charge on any atom is 0.270 e. The van der Waals surface area contributed by atoms with Gasteiger partial charge in [-0.15, -0.1) is 0 Å².